The molecular formula is C23H27NO5. The minimum Gasteiger partial charge on any atom is -0.493 e. The zero-order valence-electron chi connectivity index (χ0n) is 17.4. The molecule has 6 nitrogen and oxygen atoms in total. The largest absolute Gasteiger partial charge is 0.493 e. The van der Waals surface area contributed by atoms with Crippen LogP contribution < -0.4 is 9.47 Å². The fourth-order valence-electron chi connectivity index (χ4n) is 7.61. The Balaban J connectivity index is 1.69. The highest BCUT2D eigenvalue weighted by Gasteiger charge is 2.80. The van der Waals surface area contributed by atoms with Crippen molar-refractivity contribution in [2.75, 3.05) is 34.9 Å². The summed E-state index contributed by atoms with van der Waals surface area (Å²) in [6.07, 6.45) is 6.82. The van der Waals surface area contributed by atoms with Crippen LogP contribution in [0.15, 0.2) is 24.3 Å². The SMILES string of the molecule is COC(=O)C1CC23C=CC1(OC)C1Oc4c(OC)ccc5c4C12CCN(C)C3C5. The molecule has 6 heteroatoms. The normalized spacial score (nSPS) is 43.0. The Kier molecular flexibility index (Phi) is 3.28. The van der Waals surface area contributed by atoms with Crippen LogP contribution in [0.5, 0.6) is 11.5 Å². The van der Waals surface area contributed by atoms with Crippen LogP contribution in [-0.4, -0.2) is 63.5 Å². The molecule has 29 heavy (non-hydrogen) atoms. The Morgan fingerprint density at radius 1 is 1.24 bits per heavy atom. The molecule has 1 aromatic carbocycles. The van der Waals surface area contributed by atoms with Gasteiger partial charge in [0.1, 0.15) is 11.7 Å². The highest BCUT2D eigenvalue weighted by atomic mass is 16.6. The molecular weight excluding hydrogens is 370 g/mol. The Morgan fingerprint density at radius 3 is 2.79 bits per heavy atom. The fourth-order valence-corrected chi connectivity index (χ4v) is 7.61. The van der Waals surface area contributed by atoms with Gasteiger partial charge in [-0.25, -0.2) is 0 Å². The molecule has 2 heterocycles. The summed E-state index contributed by atoms with van der Waals surface area (Å²) < 4.78 is 23.9. The quantitative estimate of drug-likeness (QED) is 0.575. The lowest BCUT2D eigenvalue weighted by atomic mass is 9.37. The number of benzene rings is 1. The number of piperidine rings is 1. The van der Waals surface area contributed by atoms with Crippen molar-refractivity contribution in [1.82, 2.24) is 4.90 Å². The summed E-state index contributed by atoms with van der Waals surface area (Å²) in [6.45, 7) is 0.999. The maximum Gasteiger partial charge on any atom is 0.312 e. The van der Waals surface area contributed by atoms with E-state index >= 15 is 0 Å². The number of carbonyl (C=O) groups excluding carboxylic acids is 1. The number of likely N-dealkylation sites (tertiary alicyclic amines) is 1. The van der Waals surface area contributed by atoms with Gasteiger partial charge < -0.3 is 23.8 Å². The van der Waals surface area contributed by atoms with Crippen molar-refractivity contribution in [3.05, 3.63) is 35.4 Å². The summed E-state index contributed by atoms with van der Waals surface area (Å²) in [5.41, 5.74) is 1.40. The number of esters is 1. The topological polar surface area (TPSA) is 57.2 Å². The van der Waals surface area contributed by atoms with Crippen LogP contribution in [0, 0.1) is 11.3 Å². The van der Waals surface area contributed by atoms with Crippen LogP contribution in [0.2, 0.25) is 0 Å². The number of hydrogen-bond donors (Lipinski definition) is 0. The number of fused-ring (bicyclic) bond motifs is 1. The molecule has 7 rings (SSSR count). The van der Waals surface area contributed by atoms with Gasteiger partial charge >= 0.3 is 5.97 Å². The molecule has 0 N–H and O–H groups in total. The van der Waals surface area contributed by atoms with Crippen LogP contribution in [0.4, 0.5) is 0 Å². The van der Waals surface area contributed by atoms with Crippen molar-refractivity contribution in [3.8, 4) is 11.5 Å². The van der Waals surface area contributed by atoms with Gasteiger partial charge in [-0.3, -0.25) is 4.79 Å². The summed E-state index contributed by atoms with van der Waals surface area (Å²) in [5.74, 6) is 0.998. The summed E-state index contributed by atoms with van der Waals surface area (Å²) in [4.78, 5) is 15.4. The Bertz CT molecular complexity index is 959. The van der Waals surface area contributed by atoms with E-state index in [4.69, 9.17) is 18.9 Å². The molecule has 2 aliphatic heterocycles. The molecule has 6 unspecified atom stereocenters. The summed E-state index contributed by atoms with van der Waals surface area (Å²) in [7, 11) is 7.05. The molecule has 2 fully saturated rings. The van der Waals surface area contributed by atoms with Gasteiger partial charge in [-0.05, 0) is 44.5 Å². The molecule has 1 saturated heterocycles. The van der Waals surface area contributed by atoms with Crippen molar-refractivity contribution >= 4 is 5.97 Å². The fraction of sp³-hybridized carbons (Fsp3) is 0.609. The minimum absolute atomic E-state index is 0.186. The van der Waals surface area contributed by atoms with Gasteiger partial charge in [-0.15, -0.1) is 0 Å². The first-order valence-corrected chi connectivity index (χ1v) is 10.4. The lowest BCUT2D eigenvalue weighted by Crippen LogP contribution is -2.79. The first-order chi connectivity index (χ1) is 14.0. The van der Waals surface area contributed by atoms with Crippen molar-refractivity contribution in [1.29, 1.82) is 0 Å². The monoisotopic (exact) mass is 397 g/mol. The molecule has 1 saturated carbocycles. The van der Waals surface area contributed by atoms with E-state index in [1.165, 1.54) is 18.2 Å². The van der Waals surface area contributed by atoms with Gasteiger partial charge in [0.2, 0.25) is 0 Å². The first kappa shape index (κ1) is 17.8. The van der Waals surface area contributed by atoms with Crippen LogP contribution >= 0.6 is 0 Å². The predicted molar refractivity (Wildman–Crippen MR) is 105 cm³/mol. The molecule has 154 valence electrons. The van der Waals surface area contributed by atoms with Crippen LogP contribution in [0.25, 0.3) is 0 Å². The maximum absolute atomic E-state index is 12.9. The number of likely N-dealkylation sites (N-methyl/N-ethyl adjacent to an activating group) is 1. The summed E-state index contributed by atoms with van der Waals surface area (Å²) in [6, 6.07) is 4.53. The molecule has 2 spiro atoms. The van der Waals surface area contributed by atoms with Crippen molar-refractivity contribution in [3.63, 3.8) is 0 Å². The second-order valence-electron chi connectivity index (χ2n) is 9.26. The molecule has 6 aliphatic rings. The van der Waals surface area contributed by atoms with E-state index in [0.717, 1.165) is 37.3 Å². The van der Waals surface area contributed by atoms with Gasteiger partial charge in [0.05, 0.1) is 25.6 Å². The predicted octanol–water partition coefficient (Wildman–Crippen LogP) is 2.09. The first-order valence-electron chi connectivity index (χ1n) is 10.4. The molecule has 4 bridgehead atoms. The third-order valence-electron chi connectivity index (χ3n) is 8.76. The molecule has 0 amide bonds. The smallest absolute Gasteiger partial charge is 0.312 e. The van der Waals surface area contributed by atoms with Crippen molar-refractivity contribution in [2.24, 2.45) is 11.3 Å². The van der Waals surface area contributed by atoms with Crippen LogP contribution in [-0.2, 0) is 26.1 Å². The molecule has 6 atom stereocenters. The number of methoxy groups -OCH3 is 3. The molecule has 0 aromatic heterocycles. The van der Waals surface area contributed by atoms with Crippen LogP contribution in [0.1, 0.15) is 24.0 Å². The van der Waals surface area contributed by atoms with E-state index in [1.54, 1.807) is 14.2 Å². The Morgan fingerprint density at radius 2 is 2.07 bits per heavy atom. The second-order valence-corrected chi connectivity index (χ2v) is 9.26. The average Bonchev–Trinajstić information content (AvgIpc) is 3.12. The van der Waals surface area contributed by atoms with E-state index in [9.17, 15) is 4.79 Å². The summed E-state index contributed by atoms with van der Waals surface area (Å²) in [5, 5.41) is 0. The second kappa shape index (κ2) is 5.35. The van der Waals surface area contributed by atoms with Gasteiger partial charge in [0.25, 0.3) is 0 Å². The molecule has 0 radical (unpaired) electrons. The summed E-state index contributed by atoms with van der Waals surface area (Å²) >= 11 is 0. The maximum atomic E-state index is 12.9. The zero-order valence-corrected chi connectivity index (χ0v) is 17.4. The number of nitrogens with zero attached hydrogens (tertiary/aromatic N) is 1. The van der Waals surface area contributed by atoms with Gasteiger partial charge in [-0.1, -0.05) is 18.2 Å². The number of carbonyl (C=O) groups is 1. The van der Waals surface area contributed by atoms with E-state index < -0.39 is 11.5 Å². The lowest BCUT2D eigenvalue weighted by Gasteiger charge is -2.70. The van der Waals surface area contributed by atoms with Gasteiger partial charge in [-0.2, -0.15) is 0 Å². The van der Waals surface area contributed by atoms with Gasteiger partial charge in [0.15, 0.2) is 11.5 Å². The van der Waals surface area contributed by atoms with E-state index in [-0.39, 0.29) is 22.9 Å². The number of hydrogen-bond acceptors (Lipinski definition) is 6. The third kappa shape index (κ3) is 1.65. The Hall–Kier alpha value is -2.05. The zero-order chi connectivity index (χ0) is 20.2. The average molecular weight is 397 g/mol. The Labute approximate surface area is 170 Å². The van der Waals surface area contributed by atoms with Crippen molar-refractivity contribution < 1.29 is 23.7 Å². The highest BCUT2D eigenvalue weighted by molar-refractivity contribution is 5.78. The minimum atomic E-state index is -0.839. The van der Waals surface area contributed by atoms with Crippen molar-refractivity contribution in [2.45, 2.75) is 42.4 Å². The third-order valence-corrected chi connectivity index (χ3v) is 8.76. The van der Waals surface area contributed by atoms with E-state index in [2.05, 4.69) is 30.2 Å². The molecule has 1 aromatic rings. The molecule has 4 aliphatic carbocycles. The van der Waals surface area contributed by atoms with E-state index in [1.807, 2.05) is 6.07 Å². The number of rotatable bonds is 3. The van der Waals surface area contributed by atoms with Gasteiger partial charge in [0, 0.05) is 24.1 Å². The highest BCUT2D eigenvalue weighted by Crippen LogP contribution is 2.74. The number of ether oxygens (including phenoxy) is 4. The van der Waals surface area contributed by atoms with Crippen LogP contribution in [0.3, 0.4) is 0 Å². The standard InChI is InChI=1S/C23H27NO5/c1-24-10-9-22-17-13-5-6-15(26-2)18(17)29-20(22)23(28-4)8-7-21(22,16(24)11-13)12-14(23)19(25)27-3/h5-8,14,16,20H,9-12H2,1-4H3. The van der Waals surface area contributed by atoms with E-state index in [0.29, 0.717) is 6.04 Å². The lowest BCUT2D eigenvalue weighted by molar-refractivity contribution is -0.221.